The standard InChI is InChI=1S/C19H32F3NO6S/c20-19(21,22)7-3-13-28-12-2-1-4-16-5-10-23(11-6-16)30(26,27)18(17(24)25)8-14-29-15-9-18/h16H,1-15H2,(H,24,25). The van der Waals surface area contributed by atoms with E-state index in [-0.39, 0.29) is 39.1 Å². The van der Waals surface area contributed by atoms with Gasteiger partial charge in [-0.3, -0.25) is 4.79 Å². The number of sulfonamides is 1. The molecule has 2 aliphatic heterocycles. The van der Waals surface area contributed by atoms with Gasteiger partial charge in [0.2, 0.25) is 10.0 Å². The van der Waals surface area contributed by atoms with Crippen LogP contribution in [0.2, 0.25) is 0 Å². The van der Waals surface area contributed by atoms with Crippen LogP contribution in [-0.4, -0.2) is 74.2 Å². The second kappa shape index (κ2) is 11.1. The summed E-state index contributed by atoms with van der Waals surface area (Å²) in [5.74, 6) is -0.944. The van der Waals surface area contributed by atoms with Crippen LogP contribution in [-0.2, 0) is 24.3 Å². The fourth-order valence-corrected chi connectivity index (χ4v) is 6.17. The van der Waals surface area contributed by atoms with Crippen molar-refractivity contribution in [1.82, 2.24) is 4.31 Å². The lowest BCUT2D eigenvalue weighted by Crippen LogP contribution is -2.57. The molecule has 0 aromatic rings. The van der Waals surface area contributed by atoms with E-state index in [0.29, 0.717) is 38.5 Å². The number of hydrogen-bond acceptors (Lipinski definition) is 5. The molecule has 0 saturated carbocycles. The first kappa shape index (κ1) is 25.4. The molecular formula is C19H32F3NO6S. The molecule has 0 atom stereocenters. The Morgan fingerprint density at radius 1 is 1.10 bits per heavy atom. The smallest absolute Gasteiger partial charge is 0.389 e. The van der Waals surface area contributed by atoms with Crippen LogP contribution in [0.4, 0.5) is 13.2 Å². The van der Waals surface area contributed by atoms with E-state index in [1.807, 2.05) is 0 Å². The minimum Gasteiger partial charge on any atom is -0.480 e. The summed E-state index contributed by atoms with van der Waals surface area (Å²) in [7, 11) is -3.96. The van der Waals surface area contributed by atoms with E-state index in [0.717, 1.165) is 19.3 Å². The topological polar surface area (TPSA) is 93.1 Å². The third-order valence-electron chi connectivity index (χ3n) is 6.00. The van der Waals surface area contributed by atoms with Crippen LogP contribution in [0.3, 0.4) is 0 Å². The molecule has 0 bridgehead atoms. The molecule has 0 amide bonds. The second-order valence-electron chi connectivity index (χ2n) is 8.09. The van der Waals surface area contributed by atoms with Crippen molar-refractivity contribution in [2.45, 2.75) is 68.7 Å². The molecule has 7 nitrogen and oxygen atoms in total. The Balaban J connectivity index is 1.68. The van der Waals surface area contributed by atoms with E-state index in [4.69, 9.17) is 9.47 Å². The predicted octanol–water partition coefficient (Wildman–Crippen LogP) is 3.19. The molecule has 176 valence electrons. The highest BCUT2D eigenvalue weighted by atomic mass is 32.2. The van der Waals surface area contributed by atoms with E-state index >= 15 is 0 Å². The summed E-state index contributed by atoms with van der Waals surface area (Å²) in [6, 6.07) is 0. The highest BCUT2D eigenvalue weighted by Gasteiger charge is 2.54. The lowest BCUT2D eigenvalue weighted by atomic mass is 9.92. The molecule has 0 radical (unpaired) electrons. The van der Waals surface area contributed by atoms with Gasteiger partial charge < -0.3 is 14.6 Å². The van der Waals surface area contributed by atoms with Crippen molar-refractivity contribution in [3.8, 4) is 0 Å². The van der Waals surface area contributed by atoms with Gasteiger partial charge >= 0.3 is 12.1 Å². The van der Waals surface area contributed by atoms with Crippen LogP contribution < -0.4 is 0 Å². The monoisotopic (exact) mass is 459 g/mol. The number of halogens is 3. The highest BCUT2D eigenvalue weighted by Crippen LogP contribution is 2.35. The van der Waals surface area contributed by atoms with E-state index in [9.17, 15) is 31.5 Å². The molecule has 2 aliphatic rings. The molecule has 2 fully saturated rings. The molecule has 0 aromatic carbocycles. The lowest BCUT2D eigenvalue weighted by molar-refractivity contribution is -0.143. The number of ether oxygens (including phenoxy) is 2. The maximum Gasteiger partial charge on any atom is 0.389 e. The number of aliphatic carboxylic acids is 1. The van der Waals surface area contributed by atoms with Crippen LogP contribution in [0.1, 0.15) is 57.8 Å². The Morgan fingerprint density at radius 3 is 2.27 bits per heavy atom. The number of carbonyl (C=O) groups is 1. The van der Waals surface area contributed by atoms with Crippen molar-refractivity contribution < 1.29 is 41.0 Å². The van der Waals surface area contributed by atoms with Crippen molar-refractivity contribution in [3.63, 3.8) is 0 Å². The van der Waals surface area contributed by atoms with Crippen molar-refractivity contribution in [1.29, 1.82) is 0 Å². The third-order valence-corrected chi connectivity index (χ3v) is 8.61. The van der Waals surface area contributed by atoms with Crippen LogP contribution in [0.5, 0.6) is 0 Å². The first-order valence-corrected chi connectivity index (χ1v) is 12.0. The molecular weight excluding hydrogens is 427 g/mol. The van der Waals surface area contributed by atoms with Gasteiger partial charge in [0.25, 0.3) is 0 Å². The van der Waals surface area contributed by atoms with Crippen molar-refractivity contribution >= 4 is 16.0 Å². The fraction of sp³-hybridized carbons (Fsp3) is 0.947. The average molecular weight is 460 g/mol. The van der Waals surface area contributed by atoms with E-state index in [2.05, 4.69) is 0 Å². The Kier molecular flexibility index (Phi) is 9.38. The number of piperidine rings is 1. The number of nitrogens with zero attached hydrogens (tertiary/aromatic N) is 1. The predicted molar refractivity (Wildman–Crippen MR) is 104 cm³/mol. The number of hydrogen-bond donors (Lipinski definition) is 1. The van der Waals surface area contributed by atoms with Gasteiger partial charge in [-0.2, -0.15) is 13.2 Å². The zero-order valence-corrected chi connectivity index (χ0v) is 18.0. The minimum atomic E-state index is -4.14. The van der Waals surface area contributed by atoms with Gasteiger partial charge in [0.1, 0.15) is 0 Å². The quantitative estimate of drug-likeness (QED) is 0.477. The van der Waals surface area contributed by atoms with E-state index < -0.39 is 33.3 Å². The average Bonchev–Trinajstić information content (AvgIpc) is 2.70. The molecule has 2 saturated heterocycles. The maximum absolute atomic E-state index is 13.1. The molecule has 2 heterocycles. The Hall–Kier alpha value is -0.910. The van der Waals surface area contributed by atoms with Crippen molar-refractivity contribution in [3.05, 3.63) is 0 Å². The first-order valence-electron chi connectivity index (χ1n) is 10.5. The zero-order valence-electron chi connectivity index (χ0n) is 17.2. The summed E-state index contributed by atoms with van der Waals surface area (Å²) in [6.07, 6.45) is -1.18. The second-order valence-corrected chi connectivity index (χ2v) is 10.3. The maximum atomic E-state index is 13.1. The lowest BCUT2D eigenvalue weighted by Gasteiger charge is -2.39. The van der Waals surface area contributed by atoms with Gasteiger partial charge in [0.05, 0.1) is 0 Å². The third kappa shape index (κ3) is 6.80. The SMILES string of the molecule is O=C(O)C1(S(=O)(=O)N2CCC(CCCCOCCCC(F)(F)F)CC2)CCOCC1. The highest BCUT2D eigenvalue weighted by molar-refractivity contribution is 7.91. The summed E-state index contributed by atoms with van der Waals surface area (Å²) in [4.78, 5) is 11.8. The summed E-state index contributed by atoms with van der Waals surface area (Å²) >= 11 is 0. The summed E-state index contributed by atoms with van der Waals surface area (Å²) in [5.41, 5.74) is 0. The number of rotatable bonds is 11. The molecule has 1 N–H and O–H groups in total. The largest absolute Gasteiger partial charge is 0.480 e. The summed E-state index contributed by atoms with van der Waals surface area (Å²) < 4.78 is 72.1. The normalized spacial score (nSPS) is 21.6. The van der Waals surface area contributed by atoms with Crippen molar-refractivity contribution in [2.24, 2.45) is 5.92 Å². The molecule has 0 unspecified atom stereocenters. The molecule has 0 aliphatic carbocycles. The fourth-order valence-electron chi connectivity index (χ4n) is 4.08. The number of unbranched alkanes of at least 4 members (excludes halogenated alkanes) is 1. The Morgan fingerprint density at radius 2 is 1.70 bits per heavy atom. The summed E-state index contributed by atoms with van der Waals surface area (Å²) in [5, 5.41) is 9.64. The summed E-state index contributed by atoms with van der Waals surface area (Å²) in [6.45, 7) is 1.41. The van der Waals surface area contributed by atoms with Crippen molar-refractivity contribution in [2.75, 3.05) is 39.5 Å². The molecule has 11 heteroatoms. The molecule has 30 heavy (non-hydrogen) atoms. The minimum absolute atomic E-state index is 0.0274. The van der Waals surface area contributed by atoms with Gasteiger partial charge in [-0.1, -0.05) is 12.8 Å². The number of carboxylic acid groups (broad SMARTS) is 1. The van der Waals surface area contributed by atoms with E-state index in [1.54, 1.807) is 0 Å². The van der Waals surface area contributed by atoms with Crippen LogP contribution >= 0.6 is 0 Å². The van der Waals surface area contributed by atoms with Gasteiger partial charge in [0.15, 0.2) is 4.75 Å². The van der Waals surface area contributed by atoms with E-state index in [1.165, 1.54) is 4.31 Å². The Bertz CT molecular complexity index is 641. The molecule has 2 rings (SSSR count). The number of alkyl halides is 3. The van der Waals surface area contributed by atoms with Gasteiger partial charge in [0, 0.05) is 58.8 Å². The number of carboxylic acids is 1. The van der Waals surface area contributed by atoms with Crippen LogP contribution in [0.15, 0.2) is 0 Å². The molecule has 0 aromatic heterocycles. The zero-order chi connectivity index (χ0) is 22.3. The van der Waals surface area contributed by atoms with Crippen LogP contribution in [0.25, 0.3) is 0 Å². The van der Waals surface area contributed by atoms with Crippen LogP contribution in [0, 0.1) is 5.92 Å². The van der Waals surface area contributed by atoms with Gasteiger partial charge in [-0.25, -0.2) is 12.7 Å². The van der Waals surface area contributed by atoms with Gasteiger partial charge in [-0.05, 0) is 31.6 Å². The van der Waals surface area contributed by atoms with Gasteiger partial charge in [-0.15, -0.1) is 0 Å². The molecule has 0 spiro atoms. The Labute approximate surface area is 175 Å². The first-order chi connectivity index (χ1) is 14.1.